The van der Waals surface area contributed by atoms with Gasteiger partial charge in [0.15, 0.2) is 11.5 Å². The Bertz CT molecular complexity index is 1030. The van der Waals surface area contributed by atoms with Gasteiger partial charge in [0.25, 0.3) is 5.91 Å². The molecule has 0 aromatic heterocycles. The van der Waals surface area contributed by atoms with E-state index in [4.69, 9.17) is 9.47 Å². The lowest BCUT2D eigenvalue weighted by Gasteiger charge is -2.26. The molecule has 1 saturated heterocycles. The Morgan fingerprint density at radius 3 is 2.50 bits per heavy atom. The van der Waals surface area contributed by atoms with Gasteiger partial charge in [0.05, 0.1) is 10.9 Å². The minimum Gasteiger partial charge on any atom is -0.486 e. The summed E-state index contributed by atoms with van der Waals surface area (Å²) in [6, 6.07) is 11.5. The number of hydrogen-bond acceptors (Lipinski definition) is 5. The summed E-state index contributed by atoms with van der Waals surface area (Å²) in [5.74, 6) is 1.03. The van der Waals surface area contributed by atoms with Crippen LogP contribution in [0.5, 0.6) is 11.5 Å². The van der Waals surface area contributed by atoms with Crippen LogP contribution < -0.4 is 14.8 Å². The van der Waals surface area contributed by atoms with E-state index < -0.39 is 10.0 Å². The van der Waals surface area contributed by atoms with E-state index in [2.05, 4.69) is 5.32 Å². The van der Waals surface area contributed by atoms with Crippen molar-refractivity contribution in [3.8, 4) is 11.5 Å². The third-order valence-electron chi connectivity index (χ3n) is 5.46. The molecule has 0 radical (unpaired) electrons. The van der Waals surface area contributed by atoms with Crippen molar-refractivity contribution in [2.45, 2.75) is 37.1 Å². The quantitative estimate of drug-likeness (QED) is 0.788. The van der Waals surface area contributed by atoms with Crippen molar-refractivity contribution in [1.82, 2.24) is 9.62 Å². The molecule has 0 saturated carbocycles. The maximum atomic E-state index is 12.9. The lowest BCUT2D eigenvalue weighted by atomic mass is 10.1. The second-order valence-electron chi connectivity index (χ2n) is 7.59. The molecule has 1 atom stereocenters. The van der Waals surface area contributed by atoms with Crippen molar-refractivity contribution < 1.29 is 22.7 Å². The molecule has 160 valence electrons. The van der Waals surface area contributed by atoms with Crippen LogP contribution in [0.2, 0.25) is 0 Å². The van der Waals surface area contributed by atoms with Crippen molar-refractivity contribution in [1.29, 1.82) is 0 Å². The maximum absolute atomic E-state index is 12.9. The minimum absolute atomic E-state index is 0.157. The Morgan fingerprint density at radius 1 is 1.00 bits per heavy atom. The average molecular weight is 431 g/mol. The van der Waals surface area contributed by atoms with Crippen LogP contribution in [0, 0.1) is 0 Å². The van der Waals surface area contributed by atoms with Gasteiger partial charge in [-0.05, 0) is 55.7 Å². The largest absolute Gasteiger partial charge is 0.486 e. The molecule has 2 heterocycles. The number of carbonyl (C=O) groups excluding carboxylic acids is 1. The van der Waals surface area contributed by atoms with Crippen LogP contribution in [0.15, 0.2) is 47.4 Å². The molecule has 2 aromatic carbocycles. The maximum Gasteiger partial charge on any atom is 0.251 e. The molecule has 7 nitrogen and oxygen atoms in total. The monoisotopic (exact) mass is 430 g/mol. The molecule has 1 N–H and O–H groups in total. The summed E-state index contributed by atoms with van der Waals surface area (Å²) in [6.07, 6.45) is 2.78. The van der Waals surface area contributed by atoms with Gasteiger partial charge in [-0.25, -0.2) is 8.42 Å². The lowest BCUT2D eigenvalue weighted by molar-refractivity contribution is 0.0939. The van der Waals surface area contributed by atoms with Gasteiger partial charge in [0.1, 0.15) is 13.2 Å². The lowest BCUT2D eigenvalue weighted by Crippen LogP contribution is -2.35. The summed E-state index contributed by atoms with van der Waals surface area (Å²) in [5, 5.41) is 2.93. The van der Waals surface area contributed by atoms with Crippen molar-refractivity contribution in [2.24, 2.45) is 0 Å². The van der Waals surface area contributed by atoms with E-state index in [9.17, 15) is 13.2 Å². The minimum atomic E-state index is -3.59. The van der Waals surface area contributed by atoms with Gasteiger partial charge in [-0.15, -0.1) is 0 Å². The highest BCUT2D eigenvalue weighted by atomic mass is 32.2. The number of piperidine rings is 1. The summed E-state index contributed by atoms with van der Waals surface area (Å²) >= 11 is 0. The predicted molar refractivity (Wildman–Crippen MR) is 112 cm³/mol. The summed E-state index contributed by atoms with van der Waals surface area (Å²) in [4.78, 5) is 13.0. The predicted octanol–water partition coefficient (Wildman–Crippen LogP) is 3.12. The highest BCUT2D eigenvalue weighted by Gasteiger charge is 2.26. The highest BCUT2D eigenvalue weighted by molar-refractivity contribution is 7.89. The van der Waals surface area contributed by atoms with Gasteiger partial charge in [-0.3, -0.25) is 4.79 Å². The molecule has 1 amide bonds. The topological polar surface area (TPSA) is 84.9 Å². The summed E-state index contributed by atoms with van der Waals surface area (Å²) in [6.45, 7) is 3.95. The molecule has 2 aliphatic heterocycles. The van der Waals surface area contributed by atoms with E-state index in [0.29, 0.717) is 43.4 Å². The van der Waals surface area contributed by atoms with E-state index in [1.165, 1.54) is 10.4 Å². The van der Waals surface area contributed by atoms with Gasteiger partial charge >= 0.3 is 0 Å². The molecule has 0 bridgehead atoms. The zero-order chi connectivity index (χ0) is 21.1. The van der Waals surface area contributed by atoms with Crippen molar-refractivity contribution >= 4 is 15.9 Å². The molecule has 30 heavy (non-hydrogen) atoms. The number of nitrogens with one attached hydrogen (secondary N) is 1. The van der Waals surface area contributed by atoms with Gasteiger partial charge in [-0.2, -0.15) is 4.31 Å². The van der Waals surface area contributed by atoms with Gasteiger partial charge in [-0.1, -0.05) is 18.6 Å². The van der Waals surface area contributed by atoms with Gasteiger partial charge < -0.3 is 14.8 Å². The highest BCUT2D eigenvalue weighted by Crippen LogP contribution is 2.32. The van der Waals surface area contributed by atoms with Crippen LogP contribution in [0.3, 0.4) is 0 Å². The first-order valence-corrected chi connectivity index (χ1v) is 11.7. The van der Waals surface area contributed by atoms with E-state index in [-0.39, 0.29) is 16.8 Å². The first-order chi connectivity index (χ1) is 14.4. The number of amides is 1. The second-order valence-corrected chi connectivity index (χ2v) is 9.53. The van der Waals surface area contributed by atoms with Crippen LogP contribution in [0.1, 0.15) is 48.1 Å². The fraction of sp³-hybridized carbons (Fsp3) is 0.409. The molecular weight excluding hydrogens is 404 g/mol. The van der Waals surface area contributed by atoms with Crippen molar-refractivity contribution in [3.05, 3.63) is 53.6 Å². The molecular formula is C22H26N2O5S. The number of ether oxygens (including phenoxy) is 2. The molecule has 1 unspecified atom stereocenters. The third kappa shape index (κ3) is 4.29. The number of carbonyl (C=O) groups is 1. The number of sulfonamides is 1. The van der Waals surface area contributed by atoms with E-state index in [1.807, 2.05) is 25.1 Å². The zero-order valence-electron chi connectivity index (χ0n) is 17.0. The van der Waals surface area contributed by atoms with Crippen LogP contribution in [0.25, 0.3) is 0 Å². The van der Waals surface area contributed by atoms with Crippen LogP contribution in [-0.2, 0) is 10.0 Å². The summed E-state index contributed by atoms with van der Waals surface area (Å²) in [7, 11) is -3.59. The fourth-order valence-corrected chi connectivity index (χ4v) is 5.31. The first kappa shape index (κ1) is 20.7. The number of nitrogens with zero attached hydrogens (tertiary/aromatic N) is 1. The van der Waals surface area contributed by atoms with E-state index in [1.54, 1.807) is 18.2 Å². The number of benzene rings is 2. The second kappa shape index (κ2) is 8.65. The first-order valence-electron chi connectivity index (χ1n) is 10.3. The third-order valence-corrected chi connectivity index (χ3v) is 7.36. The van der Waals surface area contributed by atoms with Crippen LogP contribution >= 0.6 is 0 Å². The Kier molecular flexibility index (Phi) is 5.97. The number of rotatable bonds is 5. The molecule has 8 heteroatoms. The SMILES string of the molecule is CC(NC(=O)c1cccc(S(=O)(=O)N2CCCCC2)c1)c1ccc2c(c1)OCCO2. The molecule has 1 fully saturated rings. The molecule has 0 aliphatic carbocycles. The normalized spacial score (nSPS) is 17.9. The van der Waals surface area contributed by atoms with Gasteiger partial charge in [0, 0.05) is 18.7 Å². The van der Waals surface area contributed by atoms with E-state index >= 15 is 0 Å². The summed E-state index contributed by atoms with van der Waals surface area (Å²) in [5.41, 5.74) is 1.20. The number of hydrogen-bond donors (Lipinski definition) is 1. The molecule has 0 spiro atoms. The molecule has 2 aliphatic rings. The Morgan fingerprint density at radius 2 is 1.73 bits per heavy atom. The van der Waals surface area contributed by atoms with Crippen LogP contribution in [-0.4, -0.2) is 44.9 Å². The summed E-state index contributed by atoms with van der Waals surface area (Å²) < 4.78 is 38.5. The van der Waals surface area contributed by atoms with Crippen molar-refractivity contribution in [2.75, 3.05) is 26.3 Å². The number of fused-ring (bicyclic) bond motifs is 1. The standard InChI is InChI=1S/C22H26N2O5S/c1-16(17-8-9-20-21(15-17)29-13-12-28-20)23-22(25)18-6-5-7-19(14-18)30(26,27)24-10-3-2-4-11-24/h5-9,14-16H,2-4,10-13H2,1H3,(H,23,25). The molecule has 4 rings (SSSR count). The zero-order valence-corrected chi connectivity index (χ0v) is 17.8. The van der Waals surface area contributed by atoms with E-state index in [0.717, 1.165) is 24.8 Å². The fourth-order valence-electron chi connectivity index (χ4n) is 3.74. The average Bonchev–Trinajstić information content (AvgIpc) is 2.79. The smallest absolute Gasteiger partial charge is 0.251 e. The Hall–Kier alpha value is -2.58. The van der Waals surface area contributed by atoms with Crippen LogP contribution in [0.4, 0.5) is 0 Å². The Labute approximate surface area is 177 Å². The molecule has 2 aromatic rings. The van der Waals surface area contributed by atoms with Crippen molar-refractivity contribution in [3.63, 3.8) is 0 Å². The van der Waals surface area contributed by atoms with Gasteiger partial charge in [0.2, 0.25) is 10.0 Å². The Balaban J connectivity index is 1.49.